The summed E-state index contributed by atoms with van der Waals surface area (Å²) in [5, 5.41) is 18.8. The molecule has 2 aromatic heterocycles. The third-order valence-corrected chi connectivity index (χ3v) is 6.80. The molecule has 0 aliphatic carbocycles. The first-order valence-corrected chi connectivity index (χ1v) is 12.0. The van der Waals surface area contributed by atoms with Gasteiger partial charge in [0.05, 0.1) is 15.9 Å². The molecule has 0 fully saturated rings. The summed E-state index contributed by atoms with van der Waals surface area (Å²) in [6.45, 7) is 6.58. The SMILES string of the molecule is CC.Cc1sc(-c2ccc3c(c2)/C(=N/Nc2nc4ccccc4s2)CCN3)nc1C(=O)O. The first-order valence-electron chi connectivity index (χ1n) is 10.4. The van der Waals surface area contributed by atoms with E-state index in [2.05, 4.69) is 25.8 Å². The van der Waals surface area contributed by atoms with Gasteiger partial charge in [-0.3, -0.25) is 5.43 Å². The zero-order chi connectivity index (χ0) is 22.7. The van der Waals surface area contributed by atoms with Gasteiger partial charge in [-0.2, -0.15) is 5.10 Å². The summed E-state index contributed by atoms with van der Waals surface area (Å²) in [5.74, 6) is -1.00. The molecule has 1 aliphatic rings. The van der Waals surface area contributed by atoms with Crippen molar-refractivity contribution in [1.82, 2.24) is 9.97 Å². The molecule has 2 aromatic carbocycles. The van der Waals surface area contributed by atoms with Gasteiger partial charge in [0.25, 0.3) is 0 Å². The molecule has 0 atom stereocenters. The maximum absolute atomic E-state index is 11.3. The summed E-state index contributed by atoms with van der Waals surface area (Å²) in [7, 11) is 0. The highest BCUT2D eigenvalue weighted by Gasteiger charge is 2.19. The van der Waals surface area contributed by atoms with E-state index in [4.69, 9.17) is 0 Å². The van der Waals surface area contributed by atoms with Gasteiger partial charge < -0.3 is 10.4 Å². The molecule has 3 heterocycles. The van der Waals surface area contributed by atoms with E-state index in [9.17, 15) is 9.90 Å². The molecule has 7 nitrogen and oxygen atoms in total. The number of aromatic nitrogens is 2. The average Bonchev–Trinajstić information content (AvgIpc) is 3.42. The number of aryl methyl sites for hydroxylation is 1. The van der Waals surface area contributed by atoms with Gasteiger partial charge in [0.1, 0.15) is 5.01 Å². The number of carboxylic acids is 1. The molecule has 0 saturated carbocycles. The Bertz CT molecular complexity index is 1280. The van der Waals surface area contributed by atoms with Crippen LogP contribution in [0.3, 0.4) is 0 Å². The van der Waals surface area contributed by atoms with Crippen LogP contribution in [0.25, 0.3) is 20.8 Å². The molecule has 32 heavy (non-hydrogen) atoms. The molecule has 0 bridgehead atoms. The van der Waals surface area contributed by atoms with Crippen LogP contribution >= 0.6 is 22.7 Å². The molecule has 0 unspecified atom stereocenters. The Hall–Kier alpha value is -3.30. The number of hydrogen-bond donors (Lipinski definition) is 3. The second kappa shape index (κ2) is 9.46. The number of nitrogens with one attached hydrogen (secondary N) is 2. The first-order chi connectivity index (χ1) is 15.6. The molecule has 0 radical (unpaired) electrons. The zero-order valence-corrected chi connectivity index (χ0v) is 19.6. The van der Waals surface area contributed by atoms with Crippen molar-refractivity contribution < 1.29 is 9.90 Å². The Morgan fingerprint density at radius 1 is 1.16 bits per heavy atom. The topological polar surface area (TPSA) is 99.5 Å². The van der Waals surface area contributed by atoms with Gasteiger partial charge in [-0.1, -0.05) is 37.3 Å². The van der Waals surface area contributed by atoms with E-state index in [0.717, 1.165) is 50.8 Å². The Kier molecular flexibility index (Phi) is 6.48. The van der Waals surface area contributed by atoms with Gasteiger partial charge in [-0.15, -0.1) is 11.3 Å². The smallest absolute Gasteiger partial charge is 0.355 e. The molecular formula is C23H23N5O2S2. The lowest BCUT2D eigenvalue weighted by molar-refractivity contribution is 0.0690. The Labute approximate surface area is 193 Å². The van der Waals surface area contributed by atoms with Gasteiger partial charge in [-0.25, -0.2) is 14.8 Å². The number of rotatable bonds is 4. The minimum Gasteiger partial charge on any atom is -0.476 e. The molecule has 0 spiro atoms. The monoisotopic (exact) mass is 465 g/mol. The predicted molar refractivity (Wildman–Crippen MR) is 133 cm³/mol. The fourth-order valence-corrected chi connectivity index (χ4v) is 5.10. The lowest BCUT2D eigenvalue weighted by Crippen LogP contribution is -2.19. The van der Waals surface area contributed by atoms with Crippen molar-refractivity contribution in [1.29, 1.82) is 0 Å². The second-order valence-corrected chi connectivity index (χ2v) is 9.06. The van der Waals surface area contributed by atoms with Crippen molar-refractivity contribution in [2.45, 2.75) is 27.2 Å². The molecular weight excluding hydrogens is 442 g/mol. The Morgan fingerprint density at radius 2 is 1.97 bits per heavy atom. The average molecular weight is 466 g/mol. The van der Waals surface area contributed by atoms with E-state index in [0.29, 0.717) is 9.88 Å². The highest BCUT2D eigenvalue weighted by molar-refractivity contribution is 7.22. The van der Waals surface area contributed by atoms with E-state index < -0.39 is 5.97 Å². The number of nitrogens with zero attached hydrogens (tertiary/aromatic N) is 3. The number of benzene rings is 2. The number of fused-ring (bicyclic) bond motifs is 2. The van der Waals surface area contributed by atoms with Gasteiger partial charge in [0.15, 0.2) is 5.69 Å². The number of hydrazone groups is 1. The maximum Gasteiger partial charge on any atom is 0.355 e. The van der Waals surface area contributed by atoms with Gasteiger partial charge in [0.2, 0.25) is 5.13 Å². The van der Waals surface area contributed by atoms with E-state index in [1.807, 2.05) is 56.3 Å². The summed E-state index contributed by atoms with van der Waals surface area (Å²) in [5.41, 5.74) is 7.96. The lowest BCUT2D eigenvalue weighted by atomic mass is 9.99. The van der Waals surface area contributed by atoms with Crippen LogP contribution in [0, 0.1) is 6.92 Å². The molecule has 0 saturated heterocycles. The van der Waals surface area contributed by atoms with Crippen molar-refractivity contribution in [3.05, 3.63) is 58.6 Å². The van der Waals surface area contributed by atoms with Crippen LogP contribution in [-0.2, 0) is 0 Å². The molecule has 5 rings (SSSR count). The zero-order valence-electron chi connectivity index (χ0n) is 18.0. The number of para-hydroxylation sites is 1. The standard InChI is InChI=1S/C21H17N5O2S2.C2H6/c1-11-18(20(27)28)24-19(29-11)12-6-7-14-13(10-12)15(8-9-22-14)25-26-21-23-16-4-2-3-5-17(16)30-21;1-2/h2-7,10,22H,8-9H2,1H3,(H,23,26)(H,27,28);1-2H3/b25-15+;. The molecule has 164 valence electrons. The molecule has 3 N–H and O–H groups in total. The van der Waals surface area contributed by atoms with Crippen LogP contribution in [0.1, 0.15) is 41.2 Å². The molecule has 1 aliphatic heterocycles. The van der Waals surface area contributed by atoms with Crippen molar-refractivity contribution in [2.24, 2.45) is 5.10 Å². The largest absolute Gasteiger partial charge is 0.476 e. The summed E-state index contributed by atoms with van der Waals surface area (Å²) in [6.07, 6.45) is 0.769. The van der Waals surface area contributed by atoms with Gasteiger partial charge in [-0.05, 0) is 37.3 Å². The number of carboxylic acid groups (broad SMARTS) is 1. The van der Waals surface area contributed by atoms with Crippen LogP contribution in [-0.4, -0.2) is 33.3 Å². The van der Waals surface area contributed by atoms with Crippen LogP contribution in [0.5, 0.6) is 0 Å². The minimum atomic E-state index is -1.00. The molecule has 4 aromatic rings. The number of aromatic carboxylic acids is 1. The number of anilines is 2. The number of hydrogen-bond acceptors (Lipinski definition) is 8. The molecule has 9 heteroatoms. The van der Waals surface area contributed by atoms with Crippen LogP contribution in [0.15, 0.2) is 47.6 Å². The Morgan fingerprint density at radius 3 is 2.72 bits per heavy atom. The summed E-state index contributed by atoms with van der Waals surface area (Å²) in [4.78, 5) is 20.9. The van der Waals surface area contributed by atoms with Crippen molar-refractivity contribution >= 4 is 55.4 Å². The highest BCUT2D eigenvalue weighted by Crippen LogP contribution is 2.33. The van der Waals surface area contributed by atoms with Crippen LogP contribution < -0.4 is 10.7 Å². The van der Waals surface area contributed by atoms with Gasteiger partial charge >= 0.3 is 5.97 Å². The lowest BCUT2D eigenvalue weighted by Gasteiger charge is -2.20. The van der Waals surface area contributed by atoms with Crippen LogP contribution in [0.4, 0.5) is 10.8 Å². The third-order valence-electron chi connectivity index (χ3n) is 4.83. The fourth-order valence-electron chi connectivity index (χ4n) is 3.39. The minimum absolute atomic E-state index is 0.109. The predicted octanol–water partition coefficient (Wildman–Crippen LogP) is 6.08. The second-order valence-electron chi connectivity index (χ2n) is 6.82. The highest BCUT2D eigenvalue weighted by atomic mass is 32.1. The summed E-state index contributed by atoms with van der Waals surface area (Å²) >= 11 is 2.95. The van der Waals surface area contributed by atoms with E-state index in [1.165, 1.54) is 11.3 Å². The maximum atomic E-state index is 11.3. The van der Waals surface area contributed by atoms with Crippen molar-refractivity contribution in [2.75, 3.05) is 17.3 Å². The van der Waals surface area contributed by atoms with Crippen molar-refractivity contribution in [3.8, 4) is 10.6 Å². The van der Waals surface area contributed by atoms with Crippen molar-refractivity contribution in [3.63, 3.8) is 0 Å². The fraction of sp³-hybridized carbons (Fsp3) is 0.217. The quantitative estimate of drug-likeness (QED) is 0.316. The first kappa shape index (κ1) is 21.9. The number of carbonyl (C=O) groups is 1. The van der Waals surface area contributed by atoms with Crippen LogP contribution in [0.2, 0.25) is 0 Å². The summed E-state index contributed by atoms with van der Waals surface area (Å²) < 4.78 is 1.11. The molecule has 0 amide bonds. The third kappa shape index (κ3) is 4.35. The van der Waals surface area contributed by atoms with E-state index >= 15 is 0 Å². The number of thiazole rings is 2. The normalized spacial score (nSPS) is 13.8. The summed E-state index contributed by atoms with van der Waals surface area (Å²) in [6, 6.07) is 14.0. The van der Waals surface area contributed by atoms with E-state index in [1.54, 1.807) is 18.3 Å². The van der Waals surface area contributed by atoms with Gasteiger partial charge in [0, 0.05) is 34.7 Å². The van der Waals surface area contributed by atoms with E-state index in [-0.39, 0.29) is 5.69 Å². The Balaban J connectivity index is 0.00000119.